The van der Waals surface area contributed by atoms with Gasteiger partial charge in [0.15, 0.2) is 0 Å². The van der Waals surface area contributed by atoms with E-state index in [0.717, 1.165) is 12.3 Å². The molecule has 1 aromatic heterocycles. The van der Waals surface area contributed by atoms with Crippen molar-refractivity contribution in [2.24, 2.45) is 0 Å². The molecule has 0 radical (unpaired) electrons. The molecule has 0 spiro atoms. The SMILES string of the molecule is COc1cncc([B-](F)(F)F)c1.[K+]. The van der Waals surface area contributed by atoms with Gasteiger partial charge in [0.1, 0.15) is 5.75 Å². The fourth-order valence-electron chi connectivity index (χ4n) is 0.726. The van der Waals surface area contributed by atoms with E-state index in [9.17, 15) is 12.9 Å². The minimum Gasteiger partial charge on any atom is -0.495 e. The second-order valence-corrected chi connectivity index (χ2v) is 2.23. The van der Waals surface area contributed by atoms with Crippen LogP contribution in [-0.2, 0) is 0 Å². The maximum Gasteiger partial charge on any atom is 1.00 e. The van der Waals surface area contributed by atoms with E-state index in [-0.39, 0.29) is 57.1 Å². The average Bonchev–Trinajstić information content (AvgIpc) is 2.03. The van der Waals surface area contributed by atoms with Gasteiger partial charge in [0.05, 0.1) is 13.3 Å². The van der Waals surface area contributed by atoms with Crippen molar-refractivity contribution in [3.05, 3.63) is 18.5 Å². The number of rotatable bonds is 2. The maximum absolute atomic E-state index is 12.1. The normalized spacial score (nSPS) is 10.5. The van der Waals surface area contributed by atoms with Crippen molar-refractivity contribution in [2.75, 3.05) is 7.11 Å². The summed E-state index contributed by atoms with van der Waals surface area (Å²) in [5, 5.41) is 0. The zero-order valence-corrected chi connectivity index (χ0v) is 10.4. The molecule has 1 heterocycles. The predicted molar refractivity (Wildman–Crippen MR) is 39.5 cm³/mol. The molecular formula is C6H6BF3KNO. The van der Waals surface area contributed by atoms with Crippen LogP contribution in [0.15, 0.2) is 18.5 Å². The molecule has 0 aliphatic heterocycles. The fraction of sp³-hybridized carbons (Fsp3) is 0.167. The summed E-state index contributed by atoms with van der Waals surface area (Å²) in [5.74, 6) is 0.117. The Morgan fingerprint density at radius 3 is 2.38 bits per heavy atom. The number of hydrogen-bond donors (Lipinski definition) is 0. The molecule has 0 aliphatic carbocycles. The van der Waals surface area contributed by atoms with E-state index in [0.29, 0.717) is 0 Å². The Kier molecular flexibility index (Phi) is 5.54. The average molecular weight is 215 g/mol. The van der Waals surface area contributed by atoms with Crippen molar-refractivity contribution in [3.8, 4) is 5.75 Å². The minimum atomic E-state index is -4.97. The summed E-state index contributed by atoms with van der Waals surface area (Å²) in [5.41, 5.74) is -0.741. The van der Waals surface area contributed by atoms with Gasteiger partial charge in [-0.3, -0.25) is 4.98 Å². The van der Waals surface area contributed by atoms with E-state index >= 15 is 0 Å². The number of ether oxygens (including phenoxy) is 1. The third-order valence-corrected chi connectivity index (χ3v) is 1.35. The van der Waals surface area contributed by atoms with Gasteiger partial charge in [-0.2, -0.15) is 0 Å². The molecule has 1 rings (SSSR count). The first-order valence-electron chi connectivity index (χ1n) is 3.23. The van der Waals surface area contributed by atoms with Crippen LogP contribution < -0.4 is 61.6 Å². The number of hydrogen-bond acceptors (Lipinski definition) is 2. The summed E-state index contributed by atoms with van der Waals surface area (Å²) in [6.45, 7) is -4.97. The Hall–Kier alpha value is 0.441. The molecule has 0 saturated carbocycles. The monoisotopic (exact) mass is 215 g/mol. The van der Waals surface area contributed by atoms with Crippen molar-refractivity contribution < 1.29 is 69.1 Å². The zero-order chi connectivity index (χ0) is 9.19. The molecule has 0 aromatic carbocycles. The van der Waals surface area contributed by atoms with Crippen molar-refractivity contribution in [2.45, 2.75) is 0 Å². The van der Waals surface area contributed by atoms with Crippen molar-refractivity contribution in [3.63, 3.8) is 0 Å². The van der Waals surface area contributed by atoms with E-state index in [1.165, 1.54) is 13.3 Å². The van der Waals surface area contributed by atoms with Crippen LogP contribution in [0.2, 0.25) is 0 Å². The van der Waals surface area contributed by atoms with E-state index in [2.05, 4.69) is 9.72 Å². The molecule has 0 amide bonds. The van der Waals surface area contributed by atoms with Crippen molar-refractivity contribution in [1.29, 1.82) is 0 Å². The van der Waals surface area contributed by atoms with Gasteiger partial charge in [-0.1, -0.05) is 5.46 Å². The van der Waals surface area contributed by atoms with Crippen molar-refractivity contribution in [1.82, 2.24) is 4.98 Å². The Morgan fingerprint density at radius 2 is 1.92 bits per heavy atom. The third kappa shape index (κ3) is 3.99. The molecule has 0 unspecified atom stereocenters. The summed E-state index contributed by atoms with van der Waals surface area (Å²) in [7, 11) is 1.30. The molecule has 0 atom stereocenters. The van der Waals surface area contributed by atoms with Crippen LogP contribution >= 0.6 is 0 Å². The molecule has 0 aliphatic rings. The summed E-state index contributed by atoms with van der Waals surface area (Å²) in [6.07, 6.45) is 2.01. The topological polar surface area (TPSA) is 22.1 Å². The Bertz CT molecular complexity index is 281. The molecule has 0 saturated heterocycles. The fourth-order valence-corrected chi connectivity index (χ4v) is 0.726. The van der Waals surface area contributed by atoms with Gasteiger partial charge in [-0.15, -0.1) is 0 Å². The van der Waals surface area contributed by atoms with Gasteiger partial charge in [-0.05, 0) is 6.07 Å². The molecular weight excluding hydrogens is 209 g/mol. The Balaban J connectivity index is 0.00000144. The summed E-state index contributed by atoms with van der Waals surface area (Å²) in [4.78, 5) is 3.39. The second-order valence-electron chi connectivity index (χ2n) is 2.23. The van der Waals surface area contributed by atoms with E-state index < -0.39 is 12.4 Å². The second kappa shape index (κ2) is 5.35. The number of pyridine rings is 1. The summed E-state index contributed by atoms with van der Waals surface area (Å²) in [6, 6.07) is 0.924. The number of halogens is 3. The quantitative estimate of drug-likeness (QED) is 0.540. The molecule has 0 N–H and O–H groups in total. The number of methoxy groups -OCH3 is 1. The largest absolute Gasteiger partial charge is 1.00 e. The molecule has 7 heteroatoms. The van der Waals surface area contributed by atoms with Gasteiger partial charge < -0.3 is 17.7 Å². The minimum absolute atomic E-state index is 0. The zero-order valence-electron chi connectivity index (χ0n) is 7.30. The first-order valence-corrected chi connectivity index (χ1v) is 3.23. The number of aromatic nitrogens is 1. The van der Waals surface area contributed by atoms with Gasteiger partial charge in [0.25, 0.3) is 0 Å². The molecule has 1 aromatic rings. The van der Waals surface area contributed by atoms with Crippen LogP contribution in [0, 0.1) is 0 Å². The van der Waals surface area contributed by atoms with Gasteiger partial charge in [0, 0.05) is 6.20 Å². The van der Waals surface area contributed by atoms with E-state index in [1.807, 2.05) is 0 Å². The van der Waals surface area contributed by atoms with Gasteiger partial charge in [0.2, 0.25) is 0 Å². The Morgan fingerprint density at radius 1 is 1.31 bits per heavy atom. The van der Waals surface area contributed by atoms with Crippen LogP contribution in [0.5, 0.6) is 5.75 Å². The molecule has 2 nitrogen and oxygen atoms in total. The van der Waals surface area contributed by atoms with Crippen LogP contribution in [0.25, 0.3) is 0 Å². The standard InChI is InChI=1S/C6H6BF3NO.K/c1-12-6-2-5(3-11-4-6)7(8,9)10;/h2-4H,1H3;/q-1;+1. The number of nitrogens with zero attached hydrogens (tertiary/aromatic N) is 1. The van der Waals surface area contributed by atoms with Crippen LogP contribution in [0.3, 0.4) is 0 Å². The molecule has 66 valence electrons. The molecule has 13 heavy (non-hydrogen) atoms. The maximum atomic E-state index is 12.1. The predicted octanol–water partition coefficient (Wildman–Crippen LogP) is -1.85. The third-order valence-electron chi connectivity index (χ3n) is 1.35. The first-order chi connectivity index (χ1) is 5.54. The summed E-state index contributed by atoms with van der Waals surface area (Å²) < 4.78 is 40.8. The molecule has 0 fully saturated rings. The molecule has 0 bridgehead atoms. The van der Waals surface area contributed by atoms with Crippen molar-refractivity contribution >= 4 is 12.4 Å². The van der Waals surface area contributed by atoms with E-state index in [4.69, 9.17) is 0 Å². The van der Waals surface area contributed by atoms with Crippen LogP contribution in [-0.4, -0.2) is 19.1 Å². The smallest absolute Gasteiger partial charge is 0.495 e. The Labute approximate surface area is 116 Å². The van der Waals surface area contributed by atoms with E-state index in [1.54, 1.807) is 0 Å². The summed E-state index contributed by atoms with van der Waals surface area (Å²) >= 11 is 0. The van der Waals surface area contributed by atoms with Crippen LogP contribution in [0.1, 0.15) is 0 Å². The van der Waals surface area contributed by atoms with Gasteiger partial charge >= 0.3 is 58.4 Å². The van der Waals surface area contributed by atoms with Crippen LogP contribution in [0.4, 0.5) is 12.9 Å². The first kappa shape index (κ1) is 13.4. The van der Waals surface area contributed by atoms with Gasteiger partial charge in [-0.25, -0.2) is 0 Å².